The second kappa shape index (κ2) is 5.67. The number of nitrogens with two attached hydrogens (primary N) is 1. The van der Waals surface area contributed by atoms with Gasteiger partial charge in [-0.3, -0.25) is 4.79 Å². The summed E-state index contributed by atoms with van der Waals surface area (Å²) in [7, 11) is 0. The van der Waals surface area contributed by atoms with Crippen LogP contribution in [0.15, 0.2) is 0 Å². The van der Waals surface area contributed by atoms with Crippen LogP contribution in [0.2, 0.25) is 0 Å². The molecule has 0 spiro atoms. The Balaban J connectivity index is 3.88. The number of hydrogen-bond donors (Lipinski definition) is 2. The van der Waals surface area contributed by atoms with Crippen LogP contribution >= 0.6 is 0 Å². The molecule has 0 rings (SSSR count). The van der Waals surface area contributed by atoms with Crippen molar-refractivity contribution >= 4 is 5.91 Å². The lowest BCUT2D eigenvalue weighted by atomic mass is 9.84. The molecular formula is C13H28N2O. The first-order chi connectivity index (χ1) is 6.99. The van der Waals surface area contributed by atoms with Gasteiger partial charge in [-0.1, -0.05) is 27.7 Å². The van der Waals surface area contributed by atoms with Crippen LogP contribution in [0.1, 0.15) is 54.4 Å². The lowest BCUT2D eigenvalue weighted by Crippen LogP contribution is -2.45. The van der Waals surface area contributed by atoms with Crippen LogP contribution in [-0.2, 0) is 4.79 Å². The van der Waals surface area contributed by atoms with Crippen molar-refractivity contribution in [3.05, 3.63) is 0 Å². The second-order valence-corrected chi connectivity index (χ2v) is 6.84. The third kappa shape index (κ3) is 9.97. The number of hydrogen-bond acceptors (Lipinski definition) is 2. The van der Waals surface area contributed by atoms with Gasteiger partial charge in [0.25, 0.3) is 0 Å². The van der Waals surface area contributed by atoms with Gasteiger partial charge >= 0.3 is 0 Å². The average molecular weight is 228 g/mol. The van der Waals surface area contributed by atoms with Crippen LogP contribution in [0.25, 0.3) is 0 Å². The highest BCUT2D eigenvalue weighted by molar-refractivity contribution is 5.76. The van der Waals surface area contributed by atoms with Gasteiger partial charge in [0.15, 0.2) is 0 Å². The number of rotatable bonds is 5. The van der Waals surface area contributed by atoms with E-state index in [2.05, 4.69) is 33.0 Å². The molecule has 1 unspecified atom stereocenters. The minimum absolute atomic E-state index is 0.107. The quantitative estimate of drug-likeness (QED) is 0.758. The highest BCUT2D eigenvalue weighted by Crippen LogP contribution is 2.25. The standard InChI is InChI=1S/C13H28N2O/c1-10(8-12(2,3)4)7-11(16)15-9-13(5,6)14/h10H,7-9,14H2,1-6H3,(H,15,16). The number of carbonyl (C=O) groups is 1. The van der Waals surface area contributed by atoms with Gasteiger partial charge in [0.1, 0.15) is 0 Å². The van der Waals surface area contributed by atoms with Crippen molar-refractivity contribution in [2.45, 2.75) is 59.9 Å². The van der Waals surface area contributed by atoms with E-state index in [-0.39, 0.29) is 16.9 Å². The molecule has 0 saturated heterocycles. The molecule has 0 heterocycles. The number of nitrogens with one attached hydrogen (secondary N) is 1. The minimum Gasteiger partial charge on any atom is -0.354 e. The van der Waals surface area contributed by atoms with Crippen molar-refractivity contribution in [1.29, 1.82) is 0 Å². The minimum atomic E-state index is -0.330. The number of amides is 1. The zero-order chi connectivity index (χ0) is 13.0. The van der Waals surface area contributed by atoms with Gasteiger partial charge in [0.2, 0.25) is 5.91 Å². The Labute approximate surface area is 100 Å². The van der Waals surface area contributed by atoms with Gasteiger partial charge in [-0.05, 0) is 31.6 Å². The van der Waals surface area contributed by atoms with E-state index in [0.717, 1.165) is 6.42 Å². The molecule has 0 bridgehead atoms. The zero-order valence-electron chi connectivity index (χ0n) is 11.7. The van der Waals surface area contributed by atoms with E-state index in [0.29, 0.717) is 18.9 Å². The van der Waals surface area contributed by atoms with Crippen LogP contribution in [-0.4, -0.2) is 18.0 Å². The largest absolute Gasteiger partial charge is 0.354 e. The molecular weight excluding hydrogens is 200 g/mol. The first-order valence-corrected chi connectivity index (χ1v) is 6.05. The molecule has 3 heteroatoms. The van der Waals surface area contributed by atoms with Gasteiger partial charge in [-0.2, -0.15) is 0 Å². The van der Waals surface area contributed by atoms with E-state index in [9.17, 15) is 4.79 Å². The molecule has 3 N–H and O–H groups in total. The predicted molar refractivity (Wildman–Crippen MR) is 69.1 cm³/mol. The Kier molecular flexibility index (Phi) is 5.47. The van der Waals surface area contributed by atoms with Gasteiger partial charge in [0.05, 0.1) is 0 Å². The van der Waals surface area contributed by atoms with Crippen molar-refractivity contribution < 1.29 is 4.79 Å². The molecule has 0 radical (unpaired) electrons. The summed E-state index contributed by atoms with van der Waals surface area (Å²) in [5.74, 6) is 0.524. The summed E-state index contributed by atoms with van der Waals surface area (Å²) in [6, 6.07) is 0. The Bertz CT molecular complexity index is 223. The summed E-state index contributed by atoms with van der Waals surface area (Å²) in [5, 5.41) is 2.88. The van der Waals surface area contributed by atoms with E-state index < -0.39 is 0 Å². The fourth-order valence-corrected chi connectivity index (χ4v) is 1.83. The van der Waals surface area contributed by atoms with Crippen molar-refractivity contribution in [3.8, 4) is 0 Å². The molecule has 0 aromatic rings. The van der Waals surface area contributed by atoms with Crippen molar-refractivity contribution in [2.24, 2.45) is 17.1 Å². The smallest absolute Gasteiger partial charge is 0.220 e. The predicted octanol–water partition coefficient (Wildman–Crippen LogP) is 2.30. The van der Waals surface area contributed by atoms with Crippen LogP contribution in [0, 0.1) is 11.3 Å². The van der Waals surface area contributed by atoms with Crippen LogP contribution in [0.3, 0.4) is 0 Å². The van der Waals surface area contributed by atoms with E-state index in [1.165, 1.54) is 0 Å². The molecule has 96 valence electrons. The third-order valence-electron chi connectivity index (χ3n) is 2.24. The van der Waals surface area contributed by atoms with Gasteiger partial charge < -0.3 is 11.1 Å². The van der Waals surface area contributed by atoms with Crippen molar-refractivity contribution in [1.82, 2.24) is 5.32 Å². The Morgan fingerprint density at radius 1 is 1.25 bits per heavy atom. The summed E-state index contributed by atoms with van der Waals surface area (Å²) >= 11 is 0. The molecule has 0 aliphatic carbocycles. The Morgan fingerprint density at radius 2 is 1.75 bits per heavy atom. The second-order valence-electron chi connectivity index (χ2n) is 6.84. The highest BCUT2D eigenvalue weighted by Gasteiger charge is 2.18. The summed E-state index contributed by atoms with van der Waals surface area (Å²) in [6.07, 6.45) is 1.65. The Morgan fingerprint density at radius 3 is 2.12 bits per heavy atom. The van der Waals surface area contributed by atoms with Gasteiger partial charge in [0, 0.05) is 18.5 Å². The fourth-order valence-electron chi connectivity index (χ4n) is 1.83. The van der Waals surface area contributed by atoms with E-state index >= 15 is 0 Å². The third-order valence-corrected chi connectivity index (χ3v) is 2.24. The van der Waals surface area contributed by atoms with Crippen molar-refractivity contribution in [3.63, 3.8) is 0 Å². The molecule has 1 atom stereocenters. The van der Waals surface area contributed by atoms with E-state index in [1.807, 2.05) is 13.8 Å². The highest BCUT2D eigenvalue weighted by atomic mass is 16.1. The maximum atomic E-state index is 11.6. The summed E-state index contributed by atoms with van der Waals surface area (Å²) in [5.41, 5.74) is 5.76. The summed E-state index contributed by atoms with van der Waals surface area (Å²) in [4.78, 5) is 11.6. The lowest BCUT2D eigenvalue weighted by molar-refractivity contribution is -0.122. The average Bonchev–Trinajstić information content (AvgIpc) is 1.95. The lowest BCUT2D eigenvalue weighted by Gasteiger charge is -2.24. The van der Waals surface area contributed by atoms with Gasteiger partial charge in [-0.15, -0.1) is 0 Å². The Hall–Kier alpha value is -0.570. The normalized spacial score (nSPS) is 14.7. The van der Waals surface area contributed by atoms with Crippen molar-refractivity contribution in [2.75, 3.05) is 6.54 Å². The molecule has 0 saturated carbocycles. The molecule has 0 aromatic heterocycles. The topological polar surface area (TPSA) is 55.1 Å². The molecule has 0 aromatic carbocycles. The van der Waals surface area contributed by atoms with E-state index in [1.54, 1.807) is 0 Å². The van der Waals surface area contributed by atoms with Crippen LogP contribution in [0.5, 0.6) is 0 Å². The fraction of sp³-hybridized carbons (Fsp3) is 0.923. The molecule has 0 aliphatic heterocycles. The molecule has 0 aliphatic rings. The molecule has 3 nitrogen and oxygen atoms in total. The van der Waals surface area contributed by atoms with Crippen LogP contribution < -0.4 is 11.1 Å². The maximum Gasteiger partial charge on any atom is 0.220 e. The molecule has 0 fully saturated rings. The van der Waals surface area contributed by atoms with Crippen LogP contribution in [0.4, 0.5) is 0 Å². The van der Waals surface area contributed by atoms with Gasteiger partial charge in [-0.25, -0.2) is 0 Å². The number of carbonyl (C=O) groups excluding carboxylic acids is 1. The molecule has 16 heavy (non-hydrogen) atoms. The van der Waals surface area contributed by atoms with E-state index in [4.69, 9.17) is 5.73 Å². The summed E-state index contributed by atoms with van der Waals surface area (Å²) < 4.78 is 0. The molecule has 1 amide bonds. The SMILES string of the molecule is CC(CC(=O)NCC(C)(C)N)CC(C)(C)C. The zero-order valence-corrected chi connectivity index (χ0v) is 11.7. The first kappa shape index (κ1) is 15.4. The monoisotopic (exact) mass is 228 g/mol. The summed E-state index contributed by atoms with van der Waals surface area (Å²) in [6.45, 7) is 13.1. The maximum absolute atomic E-state index is 11.6. The first-order valence-electron chi connectivity index (χ1n) is 6.05.